The Labute approximate surface area is 175 Å². The number of nitrogens with zero attached hydrogens (tertiary/aromatic N) is 1. The third-order valence-electron chi connectivity index (χ3n) is 4.74. The molecule has 157 valence electrons. The molecule has 0 fully saturated rings. The van der Waals surface area contributed by atoms with Crippen molar-refractivity contribution in [3.05, 3.63) is 82.9 Å². The highest BCUT2D eigenvalue weighted by Crippen LogP contribution is 2.32. The molecule has 0 aliphatic rings. The summed E-state index contributed by atoms with van der Waals surface area (Å²) in [5.41, 5.74) is 9.52. The Bertz CT molecular complexity index is 1150. The zero-order chi connectivity index (χ0) is 22.1. The fourth-order valence-electron chi connectivity index (χ4n) is 3.26. The van der Waals surface area contributed by atoms with Gasteiger partial charge in [-0.15, -0.1) is 0 Å². The lowest BCUT2D eigenvalue weighted by Gasteiger charge is -2.17. The third kappa shape index (κ3) is 4.86. The second kappa shape index (κ2) is 8.53. The first-order chi connectivity index (χ1) is 14.1. The minimum absolute atomic E-state index is 0.0215. The summed E-state index contributed by atoms with van der Waals surface area (Å²) in [6.07, 6.45) is 1.16. The molecule has 3 aromatic rings. The highest BCUT2D eigenvalue weighted by Gasteiger charge is 2.16. The molecule has 0 amide bonds. The maximum Gasteiger partial charge on any atom is 0.175 e. The lowest BCUT2D eigenvalue weighted by molar-refractivity contribution is 0.403. The minimum atomic E-state index is -3.32. The highest BCUT2D eigenvalue weighted by atomic mass is 32.2. The maximum atomic E-state index is 14.2. The first-order valence-corrected chi connectivity index (χ1v) is 11.2. The largest absolute Gasteiger partial charge is 0.398 e. The molecule has 0 aliphatic carbocycles. The van der Waals surface area contributed by atoms with Crippen molar-refractivity contribution in [2.75, 3.05) is 26.1 Å². The summed E-state index contributed by atoms with van der Waals surface area (Å²) in [6, 6.07) is 15.1. The first-order valence-electron chi connectivity index (χ1n) is 9.28. The van der Waals surface area contributed by atoms with Crippen LogP contribution in [0, 0.1) is 17.7 Å². The zero-order valence-corrected chi connectivity index (χ0v) is 17.9. The van der Waals surface area contributed by atoms with Gasteiger partial charge in [0, 0.05) is 36.0 Å². The number of sulfone groups is 1. The molecule has 0 aromatic heterocycles. The van der Waals surface area contributed by atoms with E-state index >= 15 is 0 Å². The standard InChI is InChI=1S/C23H23F2N2O2S/c1-27(2)14-17-11-15(13-20-21(24)5-4-6-22(20)25)12-19(23(17)26)16-7-9-18(10-8-16)30(3,28)29/h4-10,12H,13-14,26H2,1-3H3. The van der Waals surface area contributed by atoms with E-state index in [-0.39, 0.29) is 16.9 Å². The number of halogens is 2. The molecule has 4 nitrogen and oxygen atoms in total. The van der Waals surface area contributed by atoms with Gasteiger partial charge >= 0.3 is 0 Å². The molecule has 0 unspecified atom stereocenters. The van der Waals surface area contributed by atoms with Gasteiger partial charge in [0.05, 0.1) is 4.90 Å². The number of hydrogen-bond acceptors (Lipinski definition) is 4. The SMILES string of the molecule is CN(C)Cc1[c]c(Cc2c(F)cccc2F)cc(-c2ccc(S(C)(=O)=O)cc2)c1N. The van der Waals surface area contributed by atoms with Gasteiger partial charge in [0.25, 0.3) is 0 Å². The summed E-state index contributed by atoms with van der Waals surface area (Å²) in [5, 5.41) is 0. The van der Waals surface area contributed by atoms with Crippen LogP contribution in [0.5, 0.6) is 0 Å². The van der Waals surface area contributed by atoms with E-state index in [9.17, 15) is 17.2 Å². The summed E-state index contributed by atoms with van der Waals surface area (Å²) in [7, 11) is 0.450. The van der Waals surface area contributed by atoms with Crippen LogP contribution in [-0.4, -0.2) is 33.7 Å². The summed E-state index contributed by atoms with van der Waals surface area (Å²) >= 11 is 0. The Morgan fingerprint density at radius 1 is 1.03 bits per heavy atom. The first kappa shape index (κ1) is 21.9. The smallest absolute Gasteiger partial charge is 0.175 e. The van der Waals surface area contributed by atoms with Crippen molar-refractivity contribution in [1.29, 1.82) is 0 Å². The topological polar surface area (TPSA) is 63.4 Å². The number of nitrogens with two attached hydrogens (primary N) is 1. The lowest BCUT2D eigenvalue weighted by Crippen LogP contribution is -2.13. The quantitative estimate of drug-likeness (QED) is 0.600. The molecule has 3 rings (SSSR count). The molecular formula is C23H23F2N2O2S. The van der Waals surface area contributed by atoms with E-state index in [1.807, 2.05) is 19.0 Å². The number of nitrogen functional groups attached to an aromatic ring is 1. The van der Waals surface area contributed by atoms with Gasteiger partial charge in [0.1, 0.15) is 11.6 Å². The van der Waals surface area contributed by atoms with Crippen molar-refractivity contribution in [2.24, 2.45) is 0 Å². The lowest BCUT2D eigenvalue weighted by atomic mass is 9.94. The second-order valence-corrected chi connectivity index (χ2v) is 9.53. The molecule has 0 aliphatic heterocycles. The molecule has 3 aromatic carbocycles. The number of anilines is 1. The van der Waals surface area contributed by atoms with Crippen LogP contribution in [0.1, 0.15) is 16.7 Å². The Morgan fingerprint density at radius 2 is 1.63 bits per heavy atom. The molecule has 0 heterocycles. The van der Waals surface area contributed by atoms with Gasteiger partial charge in [0.2, 0.25) is 0 Å². The summed E-state index contributed by atoms with van der Waals surface area (Å²) in [6.45, 7) is 0.494. The van der Waals surface area contributed by atoms with E-state index in [2.05, 4.69) is 6.07 Å². The minimum Gasteiger partial charge on any atom is -0.398 e. The van der Waals surface area contributed by atoms with Crippen LogP contribution in [-0.2, 0) is 22.8 Å². The van der Waals surface area contributed by atoms with Gasteiger partial charge in [-0.25, -0.2) is 17.2 Å². The van der Waals surface area contributed by atoms with Crippen molar-refractivity contribution in [2.45, 2.75) is 17.9 Å². The fraction of sp³-hybridized carbons (Fsp3) is 0.217. The third-order valence-corrected chi connectivity index (χ3v) is 5.87. The average Bonchev–Trinajstić information content (AvgIpc) is 2.66. The zero-order valence-electron chi connectivity index (χ0n) is 17.0. The van der Waals surface area contributed by atoms with Gasteiger partial charge in [-0.1, -0.05) is 18.2 Å². The Hall–Kier alpha value is -2.77. The van der Waals surface area contributed by atoms with E-state index in [0.717, 1.165) is 6.26 Å². The van der Waals surface area contributed by atoms with Crippen molar-refractivity contribution in [3.8, 4) is 11.1 Å². The van der Waals surface area contributed by atoms with Crippen LogP contribution in [0.3, 0.4) is 0 Å². The summed E-state index contributed by atoms with van der Waals surface area (Å²) < 4.78 is 51.8. The highest BCUT2D eigenvalue weighted by molar-refractivity contribution is 7.90. The van der Waals surface area contributed by atoms with Crippen molar-refractivity contribution in [3.63, 3.8) is 0 Å². The molecule has 1 radical (unpaired) electrons. The molecule has 0 saturated carbocycles. The van der Waals surface area contributed by atoms with Gasteiger partial charge in [-0.05, 0) is 67.2 Å². The van der Waals surface area contributed by atoms with Crippen LogP contribution in [0.4, 0.5) is 14.5 Å². The molecule has 0 saturated heterocycles. The second-order valence-electron chi connectivity index (χ2n) is 7.51. The normalized spacial score (nSPS) is 11.8. The van der Waals surface area contributed by atoms with Gasteiger partial charge in [0.15, 0.2) is 9.84 Å². The van der Waals surface area contributed by atoms with Crippen LogP contribution in [0.25, 0.3) is 11.1 Å². The van der Waals surface area contributed by atoms with Gasteiger partial charge < -0.3 is 10.6 Å². The Morgan fingerprint density at radius 3 is 2.17 bits per heavy atom. The number of rotatable bonds is 6. The van der Waals surface area contributed by atoms with Gasteiger partial charge in [-0.3, -0.25) is 0 Å². The van der Waals surface area contributed by atoms with E-state index in [1.54, 1.807) is 18.2 Å². The number of benzene rings is 3. The van der Waals surface area contributed by atoms with Gasteiger partial charge in [-0.2, -0.15) is 0 Å². The van der Waals surface area contributed by atoms with Crippen LogP contribution < -0.4 is 5.73 Å². The monoisotopic (exact) mass is 429 g/mol. The van der Waals surface area contributed by atoms with Crippen molar-refractivity contribution >= 4 is 15.5 Å². The molecule has 7 heteroatoms. The van der Waals surface area contributed by atoms with Crippen LogP contribution >= 0.6 is 0 Å². The average molecular weight is 430 g/mol. The molecule has 2 N–H and O–H groups in total. The van der Waals surface area contributed by atoms with E-state index < -0.39 is 21.5 Å². The molecule has 30 heavy (non-hydrogen) atoms. The van der Waals surface area contributed by atoms with Crippen molar-refractivity contribution < 1.29 is 17.2 Å². The molecule has 0 atom stereocenters. The Kier molecular flexibility index (Phi) is 6.24. The molecule has 0 spiro atoms. The maximum absolute atomic E-state index is 14.2. The Balaban J connectivity index is 2.11. The van der Waals surface area contributed by atoms with E-state index in [0.29, 0.717) is 34.5 Å². The predicted octanol–water partition coefficient (Wildman–Crippen LogP) is 4.07. The van der Waals surface area contributed by atoms with Crippen molar-refractivity contribution in [1.82, 2.24) is 4.90 Å². The van der Waals surface area contributed by atoms with E-state index in [1.165, 1.54) is 30.3 Å². The molecular weight excluding hydrogens is 406 g/mol. The summed E-state index contributed by atoms with van der Waals surface area (Å²) in [5.74, 6) is -1.23. The van der Waals surface area contributed by atoms with Crippen LogP contribution in [0.2, 0.25) is 0 Å². The van der Waals surface area contributed by atoms with Crippen LogP contribution in [0.15, 0.2) is 53.4 Å². The van der Waals surface area contributed by atoms with E-state index in [4.69, 9.17) is 5.73 Å². The predicted molar refractivity (Wildman–Crippen MR) is 115 cm³/mol. The molecule has 0 bridgehead atoms. The fourth-order valence-corrected chi connectivity index (χ4v) is 3.89. The summed E-state index contributed by atoms with van der Waals surface area (Å²) in [4.78, 5) is 2.13. The number of hydrogen-bond donors (Lipinski definition) is 1.